The van der Waals surface area contributed by atoms with Crippen molar-refractivity contribution in [2.45, 2.75) is 37.0 Å². The number of rotatable bonds is 7. The number of hydrogen-bond acceptors (Lipinski definition) is 7. The number of aromatic nitrogens is 3. The van der Waals surface area contributed by atoms with Gasteiger partial charge in [0.2, 0.25) is 0 Å². The van der Waals surface area contributed by atoms with E-state index in [1.165, 1.54) is 19.1 Å². The lowest BCUT2D eigenvalue weighted by atomic mass is 9.93. The average Bonchev–Trinajstić information content (AvgIpc) is 3.15. The molecule has 30 heavy (non-hydrogen) atoms. The van der Waals surface area contributed by atoms with E-state index in [1.54, 1.807) is 10.7 Å². The van der Waals surface area contributed by atoms with Gasteiger partial charge >= 0.3 is 0 Å². The minimum atomic E-state index is -3.14. The molecule has 2 fully saturated rings. The smallest absolute Gasteiger partial charge is 0.159 e. The van der Waals surface area contributed by atoms with E-state index in [9.17, 15) is 8.42 Å². The minimum absolute atomic E-state index is 0.0396. The van der Waals surface area contributed by atoms with Crippen molar-refractivity contribution in [2.24, 2.45) is 0 Å². The molecule has 1 saturated carbocycles. The molecule has 158 valence electrons. The largest absolute Gasteiger partial charge is 0.367 e. The molecular formula is C21H26N6O2S. The van der Waals surface area contributed by atoms with E-state index in [1.807, 2.05) is 24.3 Å². The topological polar surface area (TPSA) is 100 Å². The summed E-state index contributed by atoms with van der Waals surface area (Å²) in [6.45, 7) is 1.86. The Kier molecular flexibility index (Phi) is 4.86. The third kappa shape index (κ3) is 4.27. The quantitative estimate of drug-likeness (QED) is 0.534. The van der Waals surface area contributed by atoms with Crippen molar-refractivity contribution >= 4 is 32.8 Å². The second-order valence-corrected chi connectivity index (χ2v) is 10.5. The lowest BCUT2D eigenvalue weighted by Crippen LogP contribution is -2.12. The van der Waals surface area contributed by atoms with Crippen LogP contribution in [-0.4, -0.2) is 48.4 Å². The summed E-state index contributed by atoms with van der Waals surface area (Å²) in [6, 6.07) is 10.3. The molecule has 0 spiro atoms. The molecule has 1 aliphatic heterocycles. The van der Waals surface area contributed by atoms with Gasteiger partial charge in [-0.2, -0.15) is 9.61 Å². The zero-order valence-corrected chi connectivity index (χ0v) is 17.7. The molecule has 0 bridgehead atoms. The highest BCUT2D eigenvalue weighted by atomic mass is 32.2. The van der Waals surface area contributed by atoms with Crippen molar-refractivity contribution in [2.75, 3.05) is 30.0 Å². The Labute approximate surface area is 176 Å². The maximum absolute atomic E-state index is 12.0. The van der Waals surface area contributed by atoms with Crippen LogP contribution in [0.3, 0.4) is 0 Å². The van der Waals surface area contributed by atoms with Crippen LogP contribution >= 0.6 is 0 Å². The summed E-state index contributed by atoms with van der Waals surface area (Å²) < 4.78 is 25.9. The second kappa shape index (κ2) is 7.55. The Morgan fingerprint density at radius 3 is 2.80 bits per heavy atom. The zero-order valence-electron chi connectivity index (χ0n) is 16.9. The van der Waals surface area contributed by atoms with Crippen molar-refractivity contribution in [3.63, 3.8) is 0 Å². The van der Waals surface area contributed by atoms with Gasteiger partial charge in [0.15, 0.2) is 15.5 Å². The summed E-state index contributed by atoms with van der Waals surface area (Å²) in [7, 11) is -3.14. The first-order valence-electron chi connectivity index (χ1n) is 10.3. The lowest BCUT2D eigenvalue weighted by molar-refractivity contribution is 0.600. The average molecular weight is 427 g/mol. The molecule has 2 aromatic heterocycles. The minimum Gasteiger partial charge on any atom is -0.367 e. The van der Waals surface area contributed by atoms with Gasteiger partial charge in [-0.3, -0.25) is 0 Å². The molecule has 3 aromatic rings. The number of benzene rings is 1. The fourth-order valence-corrected chi connectivity index (χ4v) is 4.89. The van der Waals surface area contributed by atoms with E-state index in [4.69, 9.17) is 0 Å². The maximum atomic E-state index is 12.0. The Morgan fingerprint density at radius 1 is 1.20 bits per heavy atom. The van der Waals surface area contributed by atoms with Crippen LogP contribution in [0.15, 0.2) is 36.5 Å². The Balaban J connectivity index is 1.47. The Morgan fingerprint density at radius 2 is 2.07 bits per heavy atom. The van der Waals surface area contributed by atoms with E-state index in [2.05, 4.69) is 32.1 Å². The van der Waals surface area contributed by atoms with Gasteiger partial charge in [0, 0.05) is 36.7 Å². The van der Waals surface area contributed by atoms with Gasteiger partial charge in [0.25, 0.3) is 0 Å². The molecule has 3 N–H and O–H groups in total. The van der Waals surface area contributed by atoms with Crippen molar-refractivity contribution in [1.82, 2.24) is 19.9 Å². The number of nitrogens with one attached hydrogen (secondary N) is 3. The molecule has 3 heterocycles. The van der Waals surface area contributed by atoms with Gasteiger partial charge in [0.1, 0.15) is 11.6 Å². The number of anilines is 3. The molecule has 0 radical (unpaired) electrons. The van der Waals surface area contributed by atoms with Crippen LogP contribution in [0.25, 0.3) is 5.65 Å². The van der Waals surface area contributed by atoms with Gasteiger partial charge in [0.05, 0.1) is 11.9 Å². The maximum Gasteiger partial charge on any atom is 0.159 e. The van der Waals surface area contributed by atoms with E-state index in [0.29, 0.717) is 17.8 Å². The summed E-state index contributed by atoms with van der Waals surface area (Å²) in [6.07, 6.45) is 6.38. The molecule has 1 atom stereocenters. The van der Waals surface area contributed by atoms with Crippen LogP contribution in [-0.2, 0) is 15.6 Å². The molecule has 8 nitrogen and oxygen atoms in total. The molecule has 9 heteroatoms. The van der Waals surface area contributed by atoms with E-state index < -0.39 is 9.84 Å². The molecule has 0 unspecified atom stereocenters. The van der Waals surface area contributed by atoms with E-state index in [-0.39, 0.29) is 5.75 Å². The Bertz CT molecular complexity index is 1180. The highest BCUT2D eigenvalue weighted by Gasteiger charge is 2.23. The molecule has 0 amide bonds. The van der Waals surface area contributed by atoms with Gasteiger partial charge in [-0.1, -0.05) is 6.07 Å². The van der Waals surface area contributed by atoms with Crippen LogP contribution in [0.5, 0.6) is 0 Å². The molecule has 1 saturated heterocycles. The van der Waals surface area contributed by atoms with Crippen LogP contribution in [0.1, 0.15) is 36.3 Å². The summed E-state index contributed by atoms with van der Waals surface area (Å²) in [4.78, 5) is 4.64. The molecule has 1 aromatic carbocycles. The first-order chi connectivity index (χ1) is 14.4. The first-order valence-corrected chi connectivity index (χ1v) is 12.4. The zero-order chi connectivity index (χ0) is 20.7. The monoisotopic (exact) mass is 426 g/mol. The van der Waals surface area contributed by atoms with Gasteiger partial charge in [-0.25, -0.2) is 13.4 Å². The Hall–Kier alpha value is -2.65. The fourth-order valence-electron chi connectivity index (χ4n) is 4.07. The summed E-state index contributed by atoms with van der Waals surface area (Å²) in [5.74, 6) is 2.00. The highest BCUT2D eigenvalue weighted by molar-refractivity contribution is 7.89. The van der Waals surface area contributed by atoms with Crippen molar-refractivity contribution in [3.8, 4) is 0 Å². The predicted molar refractivity (Wildman–Crippen MR) is 118 cm³/mol. The summed E-state index contributed by atoms with van der Waals surface area (Å²) in [5, 5.41) is 14.6. The number of fused-ring (bicyclic) bond motifs is 1. The summed E-state index contributed by atoms with van der Waals surface area (Å²) in [5.41, 5.74) is 3.56. The molecular weight excluding hydrogens is 400 g/mol. The molecule has 1 aliphatic carbocycles. The first kappa shape index (κ1) is 19.3. The number of sulfone groups is 1. The van der Waals surface area contributed by atoms with Gasteiger partial charge < -0.3 is 16.0 Å². The highest BCUT2D eigenvalue weighted by Crippen LogP contribution is 2.31. The third-order valence-electron chi connectivity index (χ3n) is 5.62. The second-order valence-electron chi connectivity index (χ2n) is 8.34. The molecule has 5 rings (SSSR count). The summed E-state index contributed by atoms with van der Waals surface area (Å²) >= 11 is 0. The van der Waals surface area contributed by atoms with Crippen molar-refractivity contribution in [3.05, 3.63) is 47.7 Å². The normalized spacial score (nSPS) is 19.3. The van der Waals surface area contributed by atoms with Crippen molar-refractivity contribution < 1.29 is 8.42 Å². The predicted octanol–water partition coefficient (Wildman–Crippen LogP) is 2.67. The van der Waals surface area contributed by atoms with E-state index in [0.717, 1.165) is 47.8 Å². The number of nitrogens with zero attached hydrogens (tertiary/aromatic N) is 3. The van der Waals surface area contributed by atoms with Crippen LogP contribution < -0.4 is 16.0 Å². The number of hydrogen-bond donors (Lipinski definition) is 3. The van der Waals surface area contributed by atoms with Crippen LogP contribution in [0, 0.1) is 0 Å². The van der Waals surface area contributed by atoms with Gasteiger partial charge in [-0.05, 0) is 55.0 Å². The fraction of sp³-hybridized carbons (Fsp3) is 0.429. The van der Waals surface area contributed by atoms with Crippen LogP contribution in [0.2, 0.25) is 0 Å². The van der Waals surface area contributed by atoms with Crippen LogP contribution in [0.4, 0.5) is 17.3 Å². The van der Waals surface area contributed by atoms with Gasteiger partial charge in [-0.15, -0.1) is 0 Å². The van der Waals surface area contributed by atoms with Crippen molar-refractivity contribution in [1.29, 1.82) is 0 Å². The standard InChI is InChI=1S/C21H26N6O2S/c1-30(28,29)13-15-10-17(4-5-18(15)14-6-8-22-12-14)24-19-11-21(25-16-2-3-16)27-20(26-19)7-9-23-27/h4-5,7,9-11,14,16,22,25H,2-3,6,8,12-13H2,1H3,(H,24,26)/t14-/m0/s1. The third-order valence-corrected chi connectivity index (χ3v) is 6.46. The SMILES string of the molecule is CS(=O)(=O)Cc1cc(Nc2cc(NC3CC3)n3nccc3n2)ccc1[C@H]1CCNC1. The molecule has 2 aliphatic rings. The lowest BCUT2D eigenvalue weighted by Gasteiger charge is -2.17. The van der Waals surface area contributed by atoms with E-state index >= 15 is 0 Å².